The normalized spacial score (nSPS) is 16.6. The second kappa shape index (κ2) is 8.90. The third-order valence-corrected chi connectivity index (χ3v) is 9.77. The minimum atomic E-state index is -0.450. The summed E-state index contributed by atoms with van der Waals surface area (Å²) in [7, 11) is 0. The van der Waals surface area contributed by atoms with Crippen molar-refractivity contribution in [2.45, 2.75) is 25.0 Å². The molecule has 0 saturated heterocycles. The molecule has 2 aliphatic rings. The molecular weight excluding hydrogens is 517 g/mol. The number of rotatable bonds is 2. The Labute approximate surface area is 234 Å². The van der Waals surface area contributed by atoms with E-state index in [1.165, 1.54) is 41.8 Å². The fraction of sp³-hybridized carbons (Fsp3) is 0.0303. The average Bonchev–Trinajstić information content (AvgIpc) is 3.01. The second-order valence-corrected chi connectivity index (χ2v) is 11.7. The van der Waals surface area contributed by atoms with Gasteiger partial charge in [0.15, 0.2) is 5.82 Å². The molecule has 6 aromatic rings. The highest BCUT2D eigenvalue weighted by Gasteiger charge is 2.48. The Morgan fingerprint density at radius 2 is 1.05 bits per heavy atom. The zero-order valence-electron chi connectivity index (χ0n) is 20.7. The lowest BCUT2D eigenvalue weighted by atomic mass is 9.64. The number of hydrogen-bond donors (Lipinski definition) is 0. The Kier molecular flexibility index (Phi) is 5.18. The second-order valence-electron chi connectivity index (χ2n) is 9.55. The minimum Gasteiger partial charge on any atom is -0.256 e. The minimum absolute atomic E-state index is 0.450. The van der Waals surface area contributed by atoms with Crippen LogP contribution in [0.5, 0.6) is 0 Å². The molecule has 1 spiro atoms. The topological polar surface area (TPSA) is 51.6 Å². The Bertz CT molecular complexity index is 1730. The van der Waals surface area contributed by atoms with Gasteiger partial charge in [-0.25, -0.2) is 15.0 Å². The van der Waals surface area contributed by atoms with Gasteiger partial charge in [0.1, 0.15) is 12.7 Å². The van der Waals surface area contributed by atoms with E-state index in [1.807, 2.05) is 41.9 Å². The largest absolute Gasteiger partial charge is 0.256 e. The number of pyridine rings is 1. The molecule has 2 aliphatic heterocycles. The molecule has 4 heterocycles. The molecule has 0 fully saturated rings. The van der Waals surface area contributed by atoms with Crippen LogP contribution in [-0.4, -0.2) is 19.9 Å². The smallest absolute Gasteiger partial charge is 0.162 e. The van der Waals surface area contributed by atoms with Gasteiger partial charge < -0.3 is 0 Å². The van der Waals surface area contributed by atoms with E-state index in [2.05, 4.69) is 111 Å². The summed E-state index contributed by atoms with van der Waals surface area (Å²) in [5.74, 6) is 0.682. The van der Waals surface area contributed by atoms with Gasteiger partial charge in [0, 0.05) is 36.9 Å². The van der Waals surface area contributed by atoms with Crippen molar-refractivity contribution in [3.63, 3.8) is 0 Å². The van der Waals surface area contributed by atoms with E-state index in [4.69, 9.17) is 0 Å². The van der Waals surface area contributed by atoms with Crippen LogP contribution < -0.4 is 0 Å². The number of benzene rings is 4. The monoisotopic (exact) mass is 536 g/mol. The lowest BCUT2D eigenvalue weighted by Crippen LogP contribution is -2.36. The van der Waals surface area contributed by atoms with Crippen LogP contribution in [0.4, 0.5) is 0 Å². The molecular formula is C33H20N4S2. The molecule has 8 rings (SSSR count). The van der Waals surface area contributed by atoms with Crippen molar-refractivity contribution in [1.29, 1.82) is 0 Å². The van der Waals surface area contributed by atoms with Gasteiger partial charge in [-0.3, -0.25) is 4.98 Å². The predicted molar refractivity (Wildman–Crippen MR) is 155 cm³/mol. The van der Waals surface area contributed by atoms with E-state index < -0.39 is 5.41 Å². The number of aromatic nitrogens is 4. The third kappa shape index (κ3) is 3.42. The molecule has 6 heteroatoms. The van der Waals surface area contributed by atoms with E-state index in [1.54, 1.807) is 12.7 Å². The Morgan fingerprint density at radius 1 is 0.487 bits per heavy atom. The third-order valence-electron chi connectivity index (χ3n) is 7.51. The summed E-state index contributed by atoms with van der Waals surface area (Å²) in [5, 5.41) is 0. The van der Waals surface area contributed by atoms with Crippen LogP contribution in [0.15, 0.2) is 142 Å². The summed E-state index contributed by atoms with van der Waals surface area (Å²) >= 11 is 3.67. The van der Waals surface area contributed by atoms with Crippen molar-refractivity contribution < 1.29 is 0 Å². The molecule has 0 N–H and O–H groups in total. The van der Waals surface area contributed by atoms with Crippen molar-refractivity contribution >= 4 is 23.5 Å². The molecule has 184 valence electrons. The van der Waals surface area contributed by atoms with Crippen molar-refractivity contribution in [2.24, 2.45) is 0 Å². The highest BCUT2D eigenvalue weighted by atomic mass is 32.2. The van der Waals surface area contributed by atoms with Crippen molar-refractivity contribution in [3.8, 4) is 22.6 Å². The van der Waals surface area contributed by atoms with Gasteiger partial charge in [0.2, 0.25) is 0 Å². The van der Waals surface area contributed by atoms with E-state index in [-0.39, 0.29) is 0 Å². The first-order valence-corrected chi connectivity index (χ1v) is 14.3. The van der Waals surface area contributed by atoms with E-state index in [9.17, 15) is 0 Å². The van der Waals surface area contributed by atoms with Gasteiger partial charge in [-0.05, 0) is 58.7 Å². The summed E-state index contributed by atoms with van der Waals surface area (Å²) in [6.45, 7) is 0. The maximum Gasteiger partial charge on any atom is 0.162 e. The summed E-state index contributed by atoms with van der Waals surface area (Å²) in [5.41, 5.74) is 7.86. The van der Waals surface area contributed by atoms with Crippen LogP contribution in [0.25, 0.3) is 22.6 Å². The van der Waals surface area contributed by atoms with Gasteiger partial charge in [-0.1, -0.05) is 90.3 Å². The zero-order valence-corrected chi connectivity index (χ0v) is 22.3. The maximum absolute atomic E-state index is 4.63. The Balaban J connectivity index is 1.44. The zero-order chi connectivity index (χ0) is 25.8. The SMILES string of the molecule is c1ccc(-c2ccc3c(c2)Sc2ccccc2C32c3ccccc3Sc3cc(-c4ncncn4)ccc32)nc1. The lowest BCUT2D eigenvalue weighted by Gasteiger charge is -2.45. The molecule has 2 aromatic heterocycles. The van der Waals surface area contributed by atoms with Crippen molar-refractivity contribution in [3.05, 3.63) is 144 Å². The molecule has 4 aromatic carbocycles. The van der Waals surface area contributed by atoms with E-state index >= 15 is 0 Å². The number of hydrogen-bond acceptors (Lipinski definition) is 6. The molecule has 1 unspecified atom stereocenters. The number of fused-ring (bicyclic) bond motifs is 8. The first kappa shape index (κ1) is 22.7. The fourth-order valence-corrected chi connectivity index (χ4v) is 8.35. The quantitative estimate of drug-likeness (QED) is 0.224. The highest BCUT2D eigenvalue weighted by molar-refractivity contribution is 8.00. The Hall–Kier alpha value is -4.26. The first-order chi connectivity index (χ1) is 19.3. The van der Waals surface area contributed by atoms with Crippen LogP contribution in [0.3, 0.4) is 0 Å². The molecule has 4 nitrogen and oxygen atoms in total. The summed E-state index contributed by atoms with van der Waals surface area (Å²) in [4.78, 5) is 22.5. The standard InChI is InChI=1S/C33H20N4S2/c1-3-10-28-23(7-1)33(25-14-12-21(17-30(25)38-28)27-9-5-6-16-35-27)24-8-2-4-11-29(24)39-31-18-22(13-15-26(31)33)32-36-19-34-20-37-32/h1-20H. The highest BCUT2D eigenvalue weighted by Crippen LogP contribution is 2.62. The summed E-state index contributed by atoms with van der Waals surface area (Å²) in [6, 6.07) is 37.3. The van der Waals surface area contributed by atoms with E-state index in [0.717, 1.165) is 16.8 Å². The Morgan fingerprint density at radius 3 is 1.69 bits per heavy atom. The van der Waals surface area contributed by atoms with Crippen LogP contribution in [-0.2, 0) is 5.41 Å². The van der Waals surface area contributed by atoms with Gasteiger partial charge in [-0.15, -0.1) is 0 Å². The molecule has 1 atom stereocenters. The fourth-order valence-electron chi connectivity index (χ4n) is 5.89. The summed E-state index contributed by atoms with van der Waals surface area (Å²) < 4.78 is 0. The van der Waals surface area contributed by atoms with Gasteiger partial charge in [0.05, 0.1) is 11.1 Å². The first-order valence-electron chi connectivity index (χ1n) is 12.7. The molecule has 0 saturated carbocycles. The molecule has 0 aliphatic carbocycles. The molecule has 0 bridgehead atoms. The summed E-state index contributed by atoms with van der Waals surface area (Å²) in [6.07, 6.45) is 4.96. The maximum atomic E-state index is 4.63. The van der Waals surface area contributed by atoms with Crippen LogP contribution >= 0.6 is 23.5 Å². The molecule has 0 amide bonds. The molecule has 0 radical (unpaired) electrons. The average molecular weight is 537 g/mol. The van der Waals surface area contributed by atoms with Gasteiger partial charge in [-0.2, -0.15) is 0 Å². The van der Waals surface area contributed by atoms with Gasteiger partial charge >= 0.3 is 0 Å². The van der Waals surface area contributed by atoms with Gasteiger partial charge in [0.25, 0.3) is 0 Å². The van der Waals surface area contributed by atoms with E-state index in [0.29, 0.717) is 5.82 Å². The van der Waals surface area contributed by atoms with Crippen LogP contribution in [0, 0.1) is 0 Å². The van der Waals surface area contributed by atoms with Crippen LogP contribution in [0.1, 0.15) is 22.3 Å². The predicted octanol–water partition coefficient (Wildman–Crippen LogP) is 7.91. The van der Waals surface area contributed by atoms with Crippen molar-refractivity contribution in [1.82, 2.24) is 19.9 Å². The number of nitrogens with zero attached hydrogens (tertiary/aromatic N) is 4. The molecule has 39 heavy (non-hydrogen) atoms. The van der Waals surface area contributed by atoms with Crippen LogP contribution in [0.2, 0.25) is 0 Å². The lowest BCUT2D eigenvalue weighted by molar-refractivity contribution is 0.667. The van der Waals surface area contributed by atoms with Crippen molar-refractivity contribution in [2.75, 3.05) is 0 Å².